The number of anilines is 1. The number of benzene rings is 1. The van der Waals surface area contributed by atoms with Crippen LogP contribution in [0, 0.1) is 12.3 Å². The average Bonchev–Trinajstić information content (AvgIpc) is 2.97. The second-order valence-corrected chi connectivity index (χ2v) is 6.07. The lowest BCUT2D eigenvalue weighted by atomic mass is 9.83. The highest BCUT2D eigenvalue weighted by molar-refractivity contribution is 6.40. The molecule has 0 aliphatic heterocycles. The molecule has 1 aliphatic rings. The van der Waals surface area contributed by atoms with E-state index in [0.29, 0.717) is 28.6 Å². The van der Waals surface area contributed by atoms with Gasteiger partial charge in [-0.1, -0.05) is 47.3 Å². The number of nitrogens with zero attached hydrogens (tertiary/aromatic N) is 1. The van der Waals surface area contributed by atoms with Gasteiger partial charge in [0.15, 0.2) is 5.84 Å². The number of aryl methyl sites for hydroxylation is 1. The summed E-state index contributed by atoms with van der Waals surface area (Å²) in [5.74, 6) is -0.415. The van der Waals surface area contributed by atoms with Crippen LogP contribution < -0.4 is 11.1 Å². The van der Waals surface area contributed by atoms with Crippen LogP contribution in [0.15, 0.2) is 17.3 Å². The summed E-state index contributed by atoms with van der Waals surface area (Å²) in [5, 5.41) is 15.5. The number of carbonyl (C=O) groups is 1. The molecule has 0 unspecified atom stereocenters. The van der Waals surface area contributed by atoms with Gasteiger partial charge in [0.2, 0.25) is 5.91 Å². The van der Waals surface area contributed by atoms with Gasteiger partial charge in [-0.25, -0.2) is 0 Å². The molecule has 2 rings (SSSR count). The summed E-state index contributed by atoms with van der Waals surface area (Å²) in [6.45, 7) is 1.82. The molecule has 5 nitrogen and oxygen atoms in total. The molecule has 0 bridgehead atoms. The second kappa shape index (κ2) is 6.12. The molecule has 0 aromatic heterocycles. The number of hydrogen-bond acceptors (Lipinski definition) is 3. The Morgan fingerprint density at radius 3 is 2.57 bits per heavy atom. The Bertz CT molecular complexity index is 596. The van der Waals surface area contributed by atoms with Gasteiger partial charge in [-0.05, 0) is 31.4 Å². The Morgan fingerprint density at radius 1 is 1.38 bits per heavy atom. The van der Waals surface area contributed by atoms with E-state index in [9.17, 15) is 4.79 Å². The molecule has 1 aromatic carbocycles. The van der Waals surface area contributed by atoms with Crippen molar-refractivity contribution in [2.45, 2.75) is 32.6 Å². The molecule has 4 N–H and O–H groups in total. The average molecular weight is 330 g/mol. The van der Waals surface area contributed by atoms with Gasteiger partial charge in [0.1, 0.15) is 5.41 Å². The summed E-state index contributed by atoms with van der Waals surface area (Å²) in [7, 11) is 0. The van der Waals surface area contributed by atoms with Gasteiger partial charge in [0.05, 0.1) is 15.7 Å². The third kappa shape index (κ3) is 2.80. The van der Waals surface area contributed by atoms with Crippen molar-refractivity contribution < 1.29 is 10.0 Å². The fourth-order valence-corrected chi connectivity index (χ4v) is 3.14. The van der Waals surface area contributed by atoms with Crippen LogP contribution in [0.1, 0.15) is 31.2 Å². The van der Waals surface area contributed by atoms with Crippen molar-refractivity contribution in [2.24, 2.45) is 16.3 Å². The van der Waals surface area contributed by atoms with E-state index in [1.165, 1.54) is 0 Å². The van der Waals surface area contributed by atoms with Gasteiger partial charge < -0.3 is 16.3 Å². The van der Waals surface area contributed by atoms with E-state index in [2.05, 4.69) is 10.5 Å². The summed E-state index contributed by atoms with van der Waals surface area (Å²) < 4.78 is 0. The molecule has 7 heteroatoms. The first kappa shape index (κ1) is 15.9. The first-order valence-electron chi connectivity index (χ1n) is 6.66. The van der Waals surface area contributed by atoms with Gasteiger partial charge in [-0.2, -0.15) is 0 Å². The summed E-state index contributed by atoms with van der Waals surface area (Å²) in [6.07, 6.45) is 2.77. The normalized spacial score (nSPS) is 17.8. The molecule has 1 aromatic rings. The smallest absolute Gasteiger partial charge is 0.238 e. The Kier molecular flexibility index (Phi) is 4.64. The molecular formula is C14H17Cl2N3O2. The maximum atomic E-state index is 12.7. The highest BCUT2D eigenvalue weighted by atomic mass is 35.5. The predicted molar refractivity (Wildman–Crippen MR) is 84.1 cm³/mol. The number of nitrogens with two attached hydrogens (primary N) is 1. The Labute approximate surface area is 133 Å². The number of halogens is 2. The molecule has 21 heavy (non-hydrogen) atoms. The number of oxime groups is 1. The molecule has 0 heterocycles. The summed E-state index contributed by atoms with van der Waals surface area (Å²) in [6, 6.07) is 3.44. The highest BCUT2D eigenvalue weighted by Crippen LogP contribution is 2.41. The van der Waals surface area contributed by atoms with Crippen molar-refractivity contribution in [3.05, 3.63) is 27.7 Å². The molecule has 1 saturated carbocycles. The second-order valence-electron chi connectivity index (χ2n) is 5.28. The lowest BCUT2D eigenvalue weighted by Gasteiger charge is -2.26. The number of nitrogens with one attached hydrogen (secondary N) is 1. The van der Waals surface area contributed by atoms with E-state index in [-0.39, 0.29) is 11.7 Å². The number of amides is 1. The van der Waals surface area contributed by atoms with Crippen LogP contribution >= 0.6 is 23.2 Å². The van der Waals surface area contributed by atoms with Crippen LogP contribution in [0.5, 0.6) is 0 Å². The van der Waals surface area contributed by atoms with Crippen molar-refractivity contribution in [1.29, 1.82) is 0 Å². The molecule has 1 aliphatic carbocycles. The van der Waals surface area contributed by atoms with E-state index in [1.807, 2.05) is 6.92 Å². The van der Waals surface area contributed by atoms with Crippen molar-refractivity contribution in [3.8, 4) is 0 Å². The first-order valence-corrected chi connectivity index (χ1v) is 7.42. The number of hydrogen-bond donors (Lipinski definition) is 3. The lowest BCUT2D eigenvalue weighted by Crippen LogP contribution is -2.45. The third-order valence-electron chi connectivity index (χ3n) is 4.01. The van der Waals surface area contributed by atoms with Gasteiger partial charge in [-0.3, -0.25) is 4.79 Å². The van der Waals surface area contributed by atoms with E-state index < -0.39 is 5.41 Å². The summed E-state index contributed by atoms with van der Waals surface area (Å²) in [4.78, 5) is 12.7. The van der Waals surface area contributed by atoms with Gasteiger partial charge >= 0.3 is 0 Å². The first-order chi connectivity index (χ1) is 9.92. The van der Waals surface area contributed by atoms with Crippen molar-refractivity contribution in [2.75, 3.05) is 5.32 Å². The standard InChI is InChI=1S/C14H17Cl2N3O2/c1-8-4-5-9(15)11(10(8)16)18-13(20)14(12(17)19-21)6-2-3-7-14/h4-5,21H,2-3,6-7H2,1H3,(H2,17,19)(H,18,20). The number of rotatable bonds is 3. The molecule has 114 valence electrons. The zero-order valence-corrected chi connectivity index (χ0v) is 13.1. The van der Waals surface area contributed by atoms with Crippen LogP contribution in [-0.4, -0.2) is 17.0 Å². The molecule has 1 amide bonds. The SMILES string of the molecule is Cc1ccc(Cl)c(NC(=O)C2(C(N)=NO)CCCC2)c1Cl. The van der Waals surface area contributed by atoms with Crippen molar-refractivity contribution in [1.82, 2.24) is 0 Å². The monoisotopic (exact) mass is 329 g/mol. The molecular weight excluding hydrogens is 313 g/mol. The third-order valence-corrected chi connectivity index (χ3v) is 4.81. The maximum absolute atomic E-state index is 12.7. The molecule has 0 saturated heterocycles. The topological polar surface area (TPSA) is 87.7 Å². The number of carbonyl (C=O) groups excluding carboxylic acids is 1. The minimum absolute atomic E-state index is 0.0719. The highest BCUT2D eigenvalue weighted by Gasteiger charge is 2.45. The van der Waals surface area contributed by atoms with E-state index in [0.717, 1.165) is 18.4 Å². The maximum Gasteiger partial charge on any atom is 0.238 e. The van der Waals surface area contributed by atoms with Gasteiger partial charge in [0.25, 0.3) is 0 Å². The van der Waals surface area contributed by atoms with E-state index in [1.54, 1.807) is 12.1 Å². The lowest BCUT2D eigenvalue weighted by molar-refractivity contribution is -0.122. The van der Waals surface area contributed by atoms with Crippen LogP contribution in [0.3, 0.4) is 0 Å². The Balaban J connectivity index is 2.35. The van der Waals surface area contributed by atoms with Crippen molar-refractivity contribution >= 4 is 40.6 Å². The summed E-state index contributed by atoms with van der Waals surface area (Å²) in [5.41, 5.74) is 5.92. The molecule has 0 atom stereocenters. The minimum Gasteiger partial charge on any atom is -0.409 e. The zero-order valence-electron chi connectivity index (χ0n) is 11.6. The quantitative estimate of drug-likeness (QED) is 0.343. The Hall–Kier alpha value is -1.46. The molecule has 1 fully saturated rings. The predicted octanol–water partition coefficient (Wildman–Crippen LogP) is 3.55. The molecule has 0 spiro atoms. The minimum atomic E-state index is -0.995. The van der Waals surface area contributed by atoms with E-state index in [4.69, 9.17) is 34.1 Å². The van der Waals surface area contributed by atoms with Crippen LogP contribution in [0.4, 0.5) is 5.69 Å². The summed E-state index contributed by atoms with van der Waals surface area (Å²) >= 11 is 12.3. The number of amidine groups is 1. The van der Waals surface area contributed by atoms with E-state index >= 15 is 0 Å². The molecule has 0 radical (unpaired) electrons. The Morgan fingerprint density at radius 2 is 2.00 bits per heavy atom. The zero-order chi connectivity index (χ0) is 15.6. The fourth-order valence-electron chi connectivity index (χ4n) is 2.68. The van der Waals surface area contributed by atoms with Crippen molar-refractivity contribution in [3.63, 3.8) is 0 Å². The van der Waals surface area contributed by atoms with Gasteiger partial charge in [0, 0.05) is 0 Å². The van der Waals surface area contributed by atoms with Gasteiger partial charge in [-0.15, -0.1) is 0 Å². The fraction of sp³-hybridized carbons (Fsp3) is 0.429. The largest absolute Gasteiger partial charge is 0.409 e. The van der Waals surface area contributed by atoms with Crippen LogP contribution in [-0.2, 0) is 4.79 Å². The van der Waals surface area contributed by atoms with Crippen LogP contribution in [0.2, 0.25) is 10.0 Å². The van der Waals surface area contributed by atoms with Crippen LogP contribution in [0.25, 0.3) is 0 Å².